The van der Waals surface area contributed by atoms with Crippen LogP contribution in [0.2, 0.25) is 0 Å². The molecular formula is C18H23NO. The molecule has 0 saturated carbocycles. The molecule has 2 aromatic rings. The largest absolute Gasteiger partial charge is 0.489 e. The molecule has 0 saturated heterocycles. The fourth-order valence-electron chi connectivity index (χ4n) is 2.07. The summed E-state index contributed by atoms with van der Waals surface area (Å²) < 4.78 is 6.01. The van der Waals surface area contributed by atoms with Gasteiger partial charge in [-0.05, 0) is 50.1 Å². The highest BCUT2D eigenvalue weighted by molar-refractivity contribution is 5.45. The number of hydrogen-bond acceptors (Lipinski definition) is 2. The standard InChI is InChI=1S/C18H23NO/c1-4-17(20-18-10-8-14(2)9-11-18)13-19-16-7-5-6-15(3)12-16/h5-12,17,19H,4,13H2,1-3H3. The zero-order chi connectivity index (χ0) is 14.4. The van der Waals surface area contributed by atoms with Gasteiger partial charge in [0, 0.05) is 5.69 Å². The average molecular weight is 269 g/mol. The Hall–Kier alpha value is -1.96. The van der Waals surface area contributed by atoms with Gasteiger partial charge in [-0.3, -0.25) is 0 Å². The summed E-state index contributed by atoms with van der Waals surface area (Å²) in [7, 11) is 0. The molecule has 0 heterocycles. The molecule has 2 aromatic carbocycles. The van der Waals surface area contributed by atoms with Crippen LogP contribution in [0, 0.1) is 13.8 Å². The SMILES string of the molecule is CCC(CNc1cccc(C)c1)Oc1ccc(C)cc1. The molecule has 0 aliphatic rings. The Kier molecular flexibility index (Phi) is 5.05. The Morgan fingerprint density at radius 3 is 2.40 bits per heavy atom. The maximum Gasteiger partial charge on any atom is 0.119 e. The molecule has 0 aromatic heterocycles. The smallest absolute Gasteiger partial charge is 0.119 e. The highest BCUT2D eigenvalue weighted by Gasteiger charge is 2.08. The van der Waals surface area contributed by atoms with Gasteiger partial charge in [-0.2, -0.15) is 0 Å². The first-order valence-corrected chi connectivity index (χ1v) is 7.21. The van der Waals surface area contributed by atoms with Crippen LogP contribution in [-0.2, 0) is 0 Å². The van der Waals surface area contributed by atoms with Crippen molar-refractivity contribution >= 4 is 5.69 Å². The molecule has 0 fully saturated rings. The van der Waals surface area contributed by atoms with Gasteiger partial charge in [0.2, 0.25) is 0 Å². The molecule has 0 aliphatic heterocycles. The highest BCUT2D eigenvalue weighted by Crippen LogP contribution is 2.16. The van der Waals surface area contributed by atoms with E-state index in [1.165, 1.54) is 11.1 Å². The second-order valence-electron chi connectivity index (χ2n) is 5.21. The van der Waals surface area contributed by atoms with Gasteiger partial charge < -0.3 is 10.1 Å². The lowest BCUT2D eigenvalue weighted by atomic mass is 10.2. The zero-order valence-electron chi connectivity index (χ0n) is 12.5. The van der Waals surface area contributed by atoms with E-state index in [0.29, 0.717) is 0 Å². The highest BCUT2D eigenvalue weighted by atomic mass is 16.5. The topological polar surface area (TPSA) is 21.3 Å². The number of benzene rings is 2. The molecule has 1 N–H and O–H groups in total. The molecule has 2 heteroatoms. The van der Waals surface area contributed by atoms with Crippen molar-refractivity contribution in [1.82, 2.24) is 0 Å². The predicted octanol–water partition coefficient (Wildman–Crippen LogP) is 4.57. The summed E-state index contributed by atoms with van der Waals surface area (Å²) in [6, 6.07) is 16.6. The molecule has 0 aliphatic carbocycles. The van der Waals surface area contributed by atoms with Crippen LogP contribution in [0.1, 0.15) is 24.5 Å². The first-order chi connectivity index (χ1) is 9.67. The molecule has 1 atom stereocenters. The van der Waals surface area contributed by atoms with E-state index in [0.717, 1.165) is 24.4 Å². The molecule has 20 heavy (non-hydrogen) atoms. The quantitative estimate of drug-likeness (QED) is 0.829. The summed E-state index contributed by atoms with van der Waals surface area (Å²) in [6.45, 7) is 7.15. The van der Waals surface area contributed by atoms with Gasteiger partial charge in [0.15, 0.2) is 0 Å². The van der Waals surface area contributed by atoms with Crippen molar-refractivity contribution in [2.45, 2.75) is 33.3 Å². The summed E-state index contributed by atoms with van der Waals surface area (Å²) in [5.74, 6) is 0.938. The minimum absolute atomic E-state index is 0.179. The van der Waals surface area contributed by atoms with Crippen molar-refractivity contribution in [2.24, 2.45) is 0 Å². The van der Waals surface area contributed by atoms with Crippen LogP contribution in [0.3, 0.4) is 0 Å². The van der Waals surface area contributed by atoms with Gasteiger partial charge >= 0.3 is 0 Å². The molecule has 0 bridgehead atoms. The Morgan fingerprint density at radius 2 is 1.75 bits per heavy atom. The van der Waals surface area contributed by atoms with E-state index in [1.807, 2.05) is 12.1 Å². The molecule has 2 rings (SSSR count). The molecule has 2 nitrogen and oxygen atoms in total. The van der Waals surface area contributed by atoms with Crippen molar-refractivity contribution < 1.29 is 4.74 Å². The van der Waals surface area contributed by atoms with Gasteiger partial charge in [0.05, 0.1) is 6.54 Å². The van der Waals surface area contributed by atoms with Gasteiger partial charge in [-0.25, -0.2) is 0 Å². The van der Waals surface area contributed by atoms with Crippen molar-refractivity contribution in [3.8, 4) is 5.75 Å². The summed E-state index contributed by atoms with van der Waals surface area (Å²) in [5, 5.41) is 3.44. The van der Waals surface area contributed by atoms with Gasteiger partial charge in [-0.15, -0.1) is 0 Å². The summed E-state index contributed by atoms with van der Waals surface area (Å²) in [4.78, 5) is 0. The Bertz CT molecular complexity index is 533. The lowest BCUT2D eigenvalue weighted by Crippen LogP contribution is -2.25. The van der Waals surface area contributed by atoms with Crippen LogP contribution in [0.15, 0.2) is 48.5 Å². The van der Waals surface area contributed by atoms with Crippen molar-refractivity contribution in [3.05, 3.63) is 59.7 Å². The third kappa shape index (κ3) is 4.30. The lowest BCUT2D eigenvalue weighted by molar-refractivity contribution is 0.210. The second-order valence-corrected chi connectivity index (χ2v) is 5.21. The van der Waals surface area contributed by atoms with Crippen LogP contribution >= 0.6 is 0 Å². The average Bonchev–Trinajstić information content (AvgIpc) is 2.45. The fourth-order valence-corrected chi connectivity index (χ4v) is 2.07. The third-order valence-electron chi connectivity index (χ3n) is 3.33. The Balaban J connectivity index is 1.90. The number of anilines is 1. The minimum Gasteiger partial charge on any atom is -0.489 e. The molecule has 0 spiro atoms. The maximum atomic E-state index is 6.01. The normalized spacial score (nSPS) is 11.9. The third-order valence-corrected chi connectivity index (χ3v) is 3.33. The van der Waals surface area contributed by atoms with Crippen LogP contribution in [0.25, 0.3) is 0 Å². The van der Waals surface area contributed by atoms with Crippen LogP contribution in [-0.4, -0.2) is 12.6 Å². The first-order valence-electron chi connectivity index (χ1n) is 7.21. The van der Waals surface area contributed by atoms with E-state index in [1.54, 1.807) is 0 Å². The molecule has 1 unspecified atom stereocenters. The molecule has 0 amide bonds. The van der Waals surface area contributed by atoms with E-state index in [9.17, 15) is 0 Å². The lowest BCUT2D eigenvalue weighted by Gasteiger charge is -2.19. The van der Waals surface area contributed by atoms with Crippen molar-refractivity contribution in [1.29, 1.82) is 0 Å². The molecular weight excluding hydrogens is 246 g/mol. The second kappa shape index (κ2) is 6.99. The number of ether oxygens (including phenoxy) is 1. The summed E-state index contributed by atoms with van der Waals surface area (Å²) in [6.07, 6.45) is 1.16. The number of hydrogen-bond donors (Lipinski definition) is 1. The van der Waals surface area contributed by atoms with Crippen molar-refractivity contribution in [2.75, 3.05) is 11.9 Å². The molecule has 0 radical (unpaired) electrons. The predicted molar refractivity (Wildman–Crippen MR) is 85.6 cm³/mol. The van der Waals surface area contributed by atoms with Crippen molar-refractivity contribution in [3.63, 3.8) is 0 Å². The summed E-state index contributed by atoms with van der Waals surface area (Å²) in [5.41, 5.74) is 3.67. The van der Waals surface area contributed by atoms with E-state index >= 15 is 0 Å². The monoisotopic (exact) mass is 269 g/mol. The first kappa shape index (κ1) is 14.4. The van der Waals surface area contributed by atoms with Gasteiger partial charge in [0.1, 0.15) is 11.9 Å². The number of nitrogens with one attached hydrogen (secondary N) is 1. The van der Waals surface area contributed by atoms with Crippen LogP contribution in [0.5, 0.6) is 5.75 Å². The maximum absolute atomic E-state index is 6.01. The van der Waals surface area contributed by atoms with Crippen LogP contribution < -0.4 is 10.1 Å². The Morgan fingerprint density at radius 1 is 1.00 bits per heavy atom. The van der Waals surface area contributed by atoms with E-state index < -0.39 is 0 Å². The number of aryl methyl sites for hydroxylation is 2. The van der Waals surface area contributed by atoms with Crippen LogP contribution in [0.4, 0.5) is 5.69 Å². The summed E-state index contributed by atoms with van der Waals surface area (Å²) >= 11 is 0. The van der Waals surface area contributed by atoms with E-state index in [-0.39, 0.29) is 6.10 Å². The van der Waals surface area contributed by atoms with E-state index in [2.05, 4.69) is 62.5 Å². The van der Waals surface area contributed by atoms with Gasteiger partial charge in [0.25, 0.3) is 0 Å². The number of rotatable bonds is 6. The van der Waals surface area contributed by atoms with Gasteiger partial charge in [-0.1, -0.05) is 36.8 Å². The Labute approximate surface area is 121 Å². The minimum atomic E-state index is 0.179. The fraction of sp³-hybridized carbons (Fsp3) is 0.333. The molecule has 106 valence electrons. The van der Waals surface area contributed by atoms with E-state index in [4.69, 9.17) is 4.74 Å². The zero-order valence-corrected chi connectivity index (χ0v) is 12.5.